The summed E-state index contributed by atoms with van der Waals surface area (Å²) in [6.07, 6.45) is 1.56. The van der Waals surface area contributed by atoms with Crippen molar-refractivity contribution in [3.8, 4) is 0 Å². The van der Waals surface area contributed by atoms with Crippen LogP contribution in [0.3, 0.4) is 0 Å². The number of rotatable bonds is 3. The number of hydrogen-bond acceptors (Lipinski definition) is 3. The Morgan fingerprint density at radius 2 is 1.85 bits per heavy atom. The molecule has 2 aromatic rings. The second-order valence-corrected chi connectivity index (χ2v) is 5.64. The van der Waals surface area contributed by atoms with Crippen molar-refractivity contribution >= 4 is 33.3 Å². The van der Waals surface area contributed by atoms with Crippen molar-refractivity contribution in [3.63, 3.8) is 0 Å². The SMILES string of the molecule is CC(C)N(C(=O)c1ccc(Br)cc1)c1ccc(N)cn1. The van der Waals surface area contributed by atoms with Crippen molar-refractivity contribution in [1.82, 2.24) is 4.98 Å². The van der Waals surface area contributed by atoms with E-state index >= 15 is 0 Å². The molecule has 0 aliphatic carbocycles. The van der Waals surface area contributed by atoms with Gasteiger partial charge in [0.1, 0.15) is 5.82 Å². The molecule has 0 fully saturated rings. The molecule has 2 rings (SSSR count). The Hall–Kier alpha value is -1.88. The Bertz CT molecular complexity index is 594. The minimum absolute atomic E-state index is 0.00210. The van der Waals surface area contributed by atoms with E-state index in [9.17, 15) is 4.79 Å². The Kier molecular flexibility index (Phi) is 4.39. The molecule has 0 saturated carbocycles. The van der Waals surface area contributed by atoms with Crippen LogP contribution in [0.4, 0.5) is 11.5 Å². The molecule has 1 heterocycles. The molecule has 5 heteroatoms. The van der Waals surface area contributed by atoms with Gasteiger partial charge in [-0.2, -0.15) is 0 Å². The number of pyridine rings is 1. The van der Waals surface area contributed by atoms with E-state index in [-0.39, 0.29) is 11.9 Å². The minimum atomic E-state index is -0.0789. The van der Waals surface area contributed by atoms with Crippen LogP contribution in [0, 0.1) is 0 Å². The molecule has 1 aromatic heterocycles. The van der Waals surface area contributed by atoms with Crippen LogP contribution in [0.5, 0.6) is 0 Å². The number of amides is 1. The molecule has 0 bridgehead atoms. The molecular weight excluding hydrogens is 318 g/mol. The van der Waals surface area contributed by atoms with Gasteiger partial charge in [0.15, 0.2) is 0 Å². The summed E-state index contributed by atoms with van der Waals surface area (Å²) in [7, 11) is 0. The van der Waals surface area contributed by atoms with Crippen molar-refractivity contribution in [2.45, 2.75) is 19.9 Å². The number of aromatic nitrogens is 1. The maximum absolute atomic E-state index is 12.6. The zero-order valence-corrected chi connectivity index (χ0v) is 13.0. The van der Waals surface area contributed by atoms with E-state index in [4.69, 9.17) is 5.73 Å². The van der Waals surface area contributed by atoms with Crippen LogP contribution in [0.15, 0.2) is 47.1 Å². The van der Waals surface area contributed by atoms with Gasteiger partial charge < -0.3 is 5.73 Å². The number of carbonyl (C=O) groups is 1. The van der Waals surface area contributed by atoms with Crippen molar-refractivity contribution in [2.24, 2.45) is 0 Å². The topological polar surface area (TPSA) is 59.2 Å². The first-order valence-corrected chi connectivity index (χ1v) is 7.09. The van der Waals surface area contributed by atoms with E-state index in [1.807, 2.05) is 26.0 Å². The van der Waals surface area contributed by atoms with Crippen LogP contribution in [0.1, 0.15) is 24.2 Å². The molecule has 0 aliphatic heterocycles. The Balaban J connectivity index is 2.35. The summed E-state index contributed by atoms with van der Waals surface area (Å²) in [5.74, 6) is 0.520. The van der Waals surface area contributed by atoms with Crippen LogP contribution in [-0.4, -0.2) is 16.9 Å². The summed E-state index contributed by atoms with van der Waals surface area (Å²) in [5, 5.41) is 0. The predicted octanol–water partition coefficient (Wildman–Crippen LogP) is 3.48. The Morgan fingerprint density at radius 1 is 1.20 bits per heavy atom. The fourth-order valence-corrected chi connectivity index (χ4v) is 2.14. The second-order valence-electron chi connectivity index (χ2n) is 4.73. The molecule has 0 radical (unpaired) electrons. The zero-order chi connectivity index (χ0) is 14.7. The van der Waals surface area contributed by atoms with Crippen LogP contribution in [0.2, 0.25) is 0 Å². The van der Waals surface area contributed by atoms with Gasteiger partial charge in [-0.25, -0.2) is 4.98 Å². The molecule has 104 valence electrons. The first-order chi connectivity index (χ1) is 9.49. The lowest BCUT2D eigenvalue weighted by atomic mass is 10.1. The largest absolute Gasteiger partial charge is 0.397 e. The first-order valence-electron chi connectivity index (χ1n) is 6.29. The van der Waals surface area contributed by atoms with Crippen molar-refractivity contribution in [1.29, 1.82) is 0 Å². The highest BCUT2D eigenvalue weighted by Gasteiger charge is 2.21. The summed E-state index contributed by atoms with van der Waals surface area (Å²) in [6.45, 7) is 3.91. The maximum atomic E-state index is 12.6. The van der Waals surface area contributed by atoms with Crippen molar-refractivity contribution in [2.75, 3.05) is 10.6 Å². The number of carbonyl (C=O) groups excluding carboxylic acids is 1. The minimum Gasteiger partial charge on any atom is -0.397 e. The van der Waals surface area contributed by atoms with Gasteiger partial charge in [0.2, 0.25) is 0 Å². The monoisotopic (exact) mass is 333 g/mol. The van der Waals surface area contributed by atoms with Crippen LogP contribution >= 0.6 is 15.9 Å². The summed E-state index contributed by atoms with van der Waals surface area (Å²) in [4.78, 5) is 18.5. The number of nitrogens with zero attached hydrogens (tertiary/aromatic N) is 2. The Labute approximate surface area is 126 Å². The second kappa shape index (κ2) is 6.05. The third kappa shape index (κ3) is 3.17. The van der Waals surface area contributed by atoms with Gasteiger partial charge in [-0.1, -0.05) is 15.9 Å². The average Bonchev–Trinajstić information content (AvgIpc) is 2.41. The lowest BCUT2D eigenvalue weighted by molar-refractivity contribution is 0.0979. The van der Waals surface area contributed by atoms with Gasteiger partial charge in [-0.3, -0.25) is 9.69 Å². The van der Waals surface area contributed by atoms with Crippen molar-refractivity contribution in [3.05, 3.63) is 52.6 Å². The molecule has 0 unspecified atom stereocenters. The van der Waals surface area contributed by atoms with E-state index in [2.05, 4.69) is 20.9 Å². The highest BCUT2D eigenvalue weighted by molar-refractivity contribution is 9.10. The molecule has 1 amide bonds. The fraction of sp³-hybridized carbons (Fsp3) is 0.200. The van der Waals surface area contributed by atoms with Gasteiger partial charge in [0.25, 0.3) is 5.91 Å². The van der Waals surface area contributed by atoms with E-state index < -0.39 is 0 Å². The molecule has 4 nitrogen and oxygen atoms in total. The molecule has 0 saturated heterocycles. The van der Waals surface area contributed by atoms with Crippen LogP contribution < -0.4 is 10.6 Å². The van der Waals surface area contributed by atoms with E-state index in [0.29, 0.717) is 17.1 Å². The maximum Gasteiger partial charge on any atom is 0.259 e. The van der Waals surface area contributed by atoms with Gasteiger partial charge in [-0.05, 0) is 50.2 Å². The first kappa shape index (κ1) is 14.5. The van der Waals surface area contributed by atoms with Crippen LogP contribution in [0.25, 0.3) is 0 Å². The van der Waals surface area contributed by atoms with E-state index in [1.54, 1.807) is 35.4 Å². The highest BCUT2D eigenvalue weighted by Crippen LogP contribution is 2.20. The van der Waals surface area contributed by atoms with E-state index in [1.165, 1.54) is 0 Å². The normalized spacial score (nSPS) is 10.6. The zero-order valence-electron chi connectivity index (χ0n) is 11.4. The van der Waals surface area contributed by atoms with Crippen LogP contribution in [-0.2, 0) is 0 Å². The van der Waals surface area contributed by atoms with Gasteiger partial charge >= 0.3 is 0 Å². The molecular formula is C15H16BrN3O. The summed E-state index contributed by atoms with van der Waals surface area (Å²) < 4.78 is 0.941. The number of nitrogens with two attached hydrogens (primary N) is 1. The number of halogens is 1. The number of benzene rings is 1. The summed E-state index contributed by atoms with van der Waals surface area (Å²) >= 11 is 3.36. The number of nitrogen functional groups attached to an aromatic ring is 1. The van der Waals surface area contributed by atoms with Gasteiger partial charge in [0, 0.05) is 16.1 Å². The van der Waals surface area contributed by atoms with E-state index in [0.717, 1.165) is 4.47 Å². The molecule has 0 spiro atoms. The third-order valence-electron chi connectivity index (χ3n) is 2.84. The molecule has 20 heavy (non-hydrogen) atoms. The predicted molar refractivity (Wildman–Crippen MR) is 84.7 cm³/mol. The van der Waals surface area contributed by atoms with Gasteiger partial charge in [-0.15, -0.1) is 0 Å². The average molecular weight is 334 g/mol. The lowest BCUT2D eigenvalue weighted by Crippen LogP contribution is -2.37. The third-order valence-corrected chi connectivity index (χ3v) is 3.37. The van der Waals surface area contributed by atoms with Crippen molar-refractivity contribution < 1.29 is 4.79 Å². The molecule has 1 aromatic carbocycles. The lowest BCUT2D eigenvalue weighted by Gasteiger charge is -2.26. The summed E-state index contributed by atoms with van der Waals surface area (Å²) in [5.41, 5.74) is 6.84. The molecule has 2 N–H and O–H groups in total. The summed E-state index contributed by atoms with van der Waals surface area (Å²) in [6, 6.07) is 10.8. The Morgan fingerprint density at radius 3 is 2.35 bits per heavy atom. The smallest absolute Gasteiger partial charge is 0.259 e. The number of anilines is 2. The standard InChI is InChI=1S/C15H16BrN3O/c1-10(2)19(14-8-7-13(17)9-18-14)15(20)11-3-5-12(16)6-4-11/h3-10H,17H2,1-2H3. The molecule has 0 atom stereocenters. The quantitative estimate of drug-likeness (QED) is 0.935. The number of hydrogen-bond donors (Lipinski definition) is 1. The van der Waals surface area contributed by atoms with Gasteiger partial charge in [0.05, 0.1) is 11.9 Å². The highest BCUT2D eigenvalue weighted by atomic mass is 79.9. The molecule has 0 aliphatic rings. The fourth-order valence-electron chi connectivity index (χ4n) is 1.87.